The van der Waals surface area contributed by atoms with Gasteiger partial charge in [0.05, 0.1) is 31.9 Å². The number of esters is 1. The molecule has 39 heavy (non-hydrogen) atoms. The van der Waals surface area contributed by atoms with Crippen LogP contribution in [0.5, 0.6) is 5.75 Å². The van der Waals surface area contributed by atoms with Crippen LogP contribution >= 0.6 is 0 Å². The van der Waals surface area contributed by atoms with Gasteiger partial charge in [0, 0.05) is 17.7 Å². The molecule has 1 aromatic heterocycles. The van der Waals surface area contributed by atoms with Crippen molar-refractivity contribution >= 4 is 17.7 Å². The Morgan fingerprint density at radius 2 is 1.74 bits per heavy atom. The zero-order valence-electron chi connectivity index (χ0n) is 23.0. The Morgan fingerprint density at radius 1 is 1.05 bits per heavy atom. The number of hydrogen-bond donors (Lipinski definition) is 1. The number of nitrogens with zero attached hydrogens (tertiary/aromatic N) is 1. The highest BCUT2D eigenvalue weighted by Crippen LogP contribution is 2.36. The molecule has 0 saturated carbocycles. The van der Waals surface area contributed by atoms with E-state index in [1.807, 2.05) is 45.0 Å². The first-order valence-electron chi connectivity index (χ1n) is 13.0. The van der Waals surface area contributed by atoms with Crippen LogP contribution in [0.15, 0.2) is 59.4 Å². The van der Waals surface area contributed by atoms with Gasteiger partial charge in [-0.1, -0.05) is 55.8 Å². The van der Waals surface area contributed by atoms with Gasteiger partial charge in [-0.05, 0) is 49.4 Å². The van der Waals surface area contributed by atoms with Crippen molar-refractivity contribution in [2.45, 2.75) is 53.0 Å². The molecular weight excluding hydrogens is 496 g/mol. The molecule has 1 aliphatic carbocycles. The fraction of sp³-hybridized carbons (Fsp3) is 0.355. The number of amides is 1. The van der Waals surface area contributed by atoms with Crippen LogP contribution in [-0.2, 0) is 16.0 Å². The molecule has 1 atom stereocenters. The number of aromatic nitrogens is 1. The van der Waals surface area contributed by atoms with Crippen LogP contribution in [0.4, 0.5) is 0 Å². The maximum absolute atomic E-state index is 14.0. The molecule has 0 radical (unpaired) electrons. The number of rotatable bonds is 8. The first kappa shape index (κ1) is 27.8. The number of nitrogens with one attached hydrogen (secondary N) is 1. The Balaban J connectivity index is 1.84. The number of pyridine rings is 1. The first-order chi connectivity index (χ1) is 18.5. The van der Waals surface area contributed by atoms with Gasteiger partial charge < -0.3 is 14.8 Å². The molecule has 1 N–H and O–H groups in total. The van der Waals surface area contributed by atoms with Crippen LogP contribution in [0.2, 0.25) is 0 Å². The smallest absolute Gasteiger partial charge is 0.308 e. The van der Waals surface area contributed by atoms with Crippen molar-refractivity contribution in [2.24, 2.45) is 5.41 Å². The molecule has 1 heterocycles. The van der Waals surface area contributed by atoms with Gasteiger partial charge >= 0.3 is 5.97 Å². The summed E-state index contributed by atoms with van der Waals surface area (Å²) in [4.78, 5) is 53.4. The number of ketones is 1. The molecule has 0 spiro atoms. The van der Waals surface area contributed by atoms with Crippen molar-refractivity contribution < 1.29 is 23.9 Å². The highest BCUT2D eigenvalue weighted by molar-refractivity contribution is 6.02. The summed E-state index contributed by atoms with van der Waals surface area (Å²) >= 11 is 0. The summed E-state index contributed by atoms with van der Waals surface area (Å²) in [5.41, 5.74) is 1.93. The van der Waals surface area contributed by atoms with Crippen LogP contribution < -0.4 is 15.6 Å². The Bertz CT molecular complexity index is 1470. The van der Waals surface area contributed by atoms with Crippen LogP contribution in [0.25, 0.3) is 5.69 Å². The number of carbonyl (C=O) groups is 3. The second-order valence-corrected chi connectivity index (χ2v) is 10.6. The van der Waals surface area contributed by atoms with E-state index < -0.39 is 23.5 Å². The van der Waals surface area contributed by atoms with Gasteiger partial charge in [-0.3, -0.25) is 23.7 Å². The summed E-state index contributed by atoms with van der Waals surface area (Å²) in [6.45, 7) is 7.82. The molecule has 0 bridgehead atoms. The molecule has 0 aliphatic heterocycles. The topological polar surface area (TPSA) is 104 Å². The monoisotopic (exact) mass is 530 g/mol. The fourth-order valence-electron chi connectivity index (χ4n) is 5.02. The largest absolute Gasteiger partial charge is 0.495 e. The second kappa shape index (κ2) is 11.3. The standard InChI is InChI=1S/C31H34N2O6/c1-6-39-28(35)16-23(20-13-11-19(2)12-14-20)32-29(36)22-15-21-25(17-31(3,4)18-26(21)34)33(30(22)37)24-9-7-8-10-27(24)38-5/h7-15,23H,6,16-18H2,1-5H3,(H,32,36). The molecule has 0 fully saturated rings. The van der Waals surface area contributed by atoms with Crippen molar-refractivity contribution in [2.75, 3.05) is 13.7 Å². The molecular formula is C31H34N2O6. The summed E-state index contributed by atoms with van der Waals surface area (Å²) in [5, 5.41) is 2.85. The molecule has 204 valence electrons. The lowest BCUT2D eigenvalue weighted by atomic mass is 9.75. The van der Waals surface area contributed by atoms with Crippen LogP contribution in [0, 0.1) is 12.3 Å². The van der Waals surface area contributed by atoms with Gasteiger partial charge in [0.15, 0.2) is 5.78 Å². The summed E-state index contributed by atoms with van der Waals surface area (Å²) in [5.74, 6) is -0.854. The van der Waals surface area contributed by atoms with E-state index in [0.717, 1.165) is 5.56 Å². The maximum Gasteiger partial charge on any atom is 0.308 e. The molecule has 8 nitrogen and oxygen atoms in total. The highest BCUT2D eigenvalue weighted by Gasteiger charge is 2.36. The average Bonchev–Trinajstić information content (AvgIpc) is 2.88. The van der Waals surface area contributed by atoms with E-state index in [2.05, 4.69) is 5.32 Å². The lowest BCUT2D eigenvalue weighted by Gasteiger charge is -2.32. The molecule has 2 aromatic carbocycles. The van der Waals surface area contributed by atoms with Gasteiger partial charge in [-0.2, -0.15) is 0 Å². The lowest BCUT2D eigenvalue weighted by molar-refractivity contribution is -0.143. The number of hydrogen-bond acceptors (Lipinski definition) is 6. The predicted molar refractivity (Wildman–Crippen MR) is 148 cm³/mol. The Labute approximate surface area is 228 Å². The Hall–Kier alpha value is -4.20. The highest BCUT2D eigenvalue weighted by atomic mass is 16.5. The molecule has 1 aliphatic rings. The molecule has 8 heteroatoms. The van der Waals surface area contributed by atoms with E-state index in [-0.39, 0.29) is 29.8 Å². The summed E-state index contributed by atoms with van der Waals surface area (Å²) in [6.07, 6.45) is 0.652. The zero-order chi connectivity index (χ0) is 28.3. The molecule has 4 rings (SSSR count). The number of carbonyl (C=O) groups excluding carboxylic acids is 3. The van der Waals surface area contributed by atoms with Crippen LogP contribution in [0.3, 0.4) is 0 Å². The number of methoxy groups -OCH3 is 1. The molecule has 1 amide bonds. The molecule has 0 saturated heterocycles. The minimum atomic E-state index is -0.734. The van der Waals surface area contributed by atoms with Gasteiger partial charge in [-0.15, -0.1) is 0 Å². The SMILES string of the molecule is CCOC(=O)CC(NC(=O)c1cc2c(n(-c3ccccc3OC)c1=O)CC(C)(C)CC2=O)c1ccc(C)cc1. The summed E-state index contributed by atoms with van der Waals surface area (Å²) in [6, 6.07) is 15.1. The number of ether oxygens (including phenoxy) is 2. The molecule has 1 unspecified atom stereocenters. The molecule has 3 aromatic rings. The van der Waals surface area contributed by atoms with E-state index in [9.17, 15) is 19.2 Å². The maximum atomic E-state index is 14.0. The number of benzene rings is 2. The van der Waals surface area contributed by atoms with Crippen molar-refractivity contribution in [1.29, 1.82) is 0 Å². The average molecular weight is 531 g/mol. The quantitative estimate of drug-likeness (QED) is 0.422. The van der Waals surface area contributed by atoms with E-state index in [4.69, 9.17) is 9.47 Å². The van der Waals surface area contributed by atoms with Crippen LogP contribution in [-0.4, -0.2) is 35.9 Å². The number of Topliss-reactive ketones (excluding diaryl/α,β-unsaturated/α-hetero) is 1. The number of fused-ring (bicyclic) bond motifs is 1. The van der Waals surface area contributed by atoms with Gasteiger partial charge in [-0.25, -0.2) is 0 Å². The van der Waals surface area contributed by atoms with Crippen molar-refractivity contribution in [1.82, 2.24) is 9.88 Å². The Morgan fingerprint density at radius 3 is 2.41 bits per heavy atom. The normalized spacial score (nSPS) is 14.7. The van der Waals surface area contributed by atoms with Crippen molar-refractivity contribution in [3.05, 3.63) is 92.9 Å². The number of aryl methyl sites for hydroxylation is 1. The predicted octanol–water partition coefficient (Wildman–Crippen LogP) is 4.73. The zero-order valence-corrected chi connectivity index (χ0v) is 23.0. The van der Waals surface area contributed by atoms with E-state index >= 15 is 0 Å². The second-order valence-electron chi connectivity index (χ2n) is 10.6. The third-order valence-corrected chi connectivity index (χ3v) is 6.92. The van der Waals surface area contributed by atoms with Crippen LogP contribution in [0.1, 0.15) is 77.2 Å². The summed E-state index contributed by atoms with van der Waals surface area (Å²) < 4.78 is 12.1. The van der Waals surface area contributed by atoms with E-state index in [1.165, 1.54) is 17.7 Å². The minimum Gasteiger partial charge on any atom is -0.495 e. The first-order valence-corrected chi connectivity index (χ1v) is 13.0. The van der Waals surface area contributed by atoms with Gasteiger partial charge in [0.25, 0.3) is 11.5 Å². The van der Waals surface area contributed by atoms with E-state index in [1.54, 1.807) is 31.2 Å². The third-order valence-electron chi connectivity index (χ3n) is 6.92. The van der Waals surface area contributed by atoms with Gasteiger partial charge in [0.1, 0.15) is 11.3 Å². The third kappa shape index (κ3) is 5.95. The Kier molecular flexibility index (Phi) is 8.04. The minimum absolute atomic E-state index is 0.110. The van der Waals surface area contributed by atoms with E-state index in [0.29, 0.717) is 41.1 Å². The lowest BCUT2D eigenvalue weighted by Crippen LogP contribution is -2.40. The fourth-order valence-corrected chi connectivity index (χ4v) is 5.02. The van der Waals surface area contributed by atoms with Crippen molar-refractivity contribution in [3.8, 4) is 11.4 Å². The van der Waals surface area contributed by atoms with Crippen molar-refractivity contribution in [3.63, 3.8) is 0 Å². The van der Waals surface area contributed by atoms with Gasteiger partial charge in [0.2, 0.25) is 0 Å². The number of para-hydroxylation sites is 2. The summed E-state index contributed by atoms with van der Waals surface area (Å²) in [7, 11) is 1.50.